The zero-order chi connectivity index (χ0) is 31.3. The number of carbonyl (C=O) groups excluding carboxylic acids is 2. The van der Waals surface area contributed by atoms with Crippen LogP contribution in [-0.4, -0.2) is 74.4 Å². The maximum Gasteiger partial charge on any atom is 0.379 e. The number of amides is 2. The third-order valence-electron chi connectivity index (χ3n) is 7.65. The van der Waals surface area contributed by atoms with Crippen LogP contribution in [0.3, 0.4) is 0 Å². The maximum absolute atomic E-state index is 14.5. The summed E-state index contributed by atoms with van der Waals surface area (Å²) in [4.78, 5) is 36.9. The summed E-state index contributed by atoms with van der Waals surface area (Å²) in [6, 6.07) is 0.845. The first kappa shape index (κ1) is 32.1. The van der Waals surface area contributed by atoms with E-state index in [1.54, 1.807) is 16.9 Å². The molecule has 2 fully saturated rings. The van der Waals surface area contributed by atoms with Gasteiger partial charge in [0, 0.05) is 58.6 Å². The summed E-state index contributed by atoms with van der Waals surface area (Å²) in [7, 11) is 3.69. The Bertz CT molecular complexity index is 1410. The fraction of sp³-hybridized carbons (Fsp3) is 0.630. The lowest BCUT2D eigenvalue weighted by molar-refractivity contribution is -0.126. The molecule has 2 amide bonds. The number of imidazole rings is 1. The summed E-state index contributed by atoms with van der Waals surface area (Å²) in [6.45, 7) is -0.615. The van der Waals surface area contributed by atoms with Crippen LogP contribution >= 0.6 is 0 Å². The van der Waals surface area contributed by atoms with Crippen LogP contribution < -0.4 is 15.5 Å². The zero-order valence-corrected chi connectivity index (χ0v) is 24.2. The minimum atomic E-state index is -3.67. The first-order chi connectivity index (χ1) is 20.4. The molecule has 3 unspecified atom stereocenters. The molecular weight excluding hydrogens is 577 g/mol. The van der Waals surface area contributed by atoms with Gasteiger partial charge in [0.2, 0.25) is 11.8 Å². The molecule has 11 nitrogen and oxygen atoms in total. The quantitative estimate of drug-likeness (QED) is 0.369. The molecule has 1 aliphatic heterocycles. The van der Waals surface area contributed by atoms with Crippen LogP contribution in [0, 0.1) is 11.8 Å². The van der Waals surface area contributed by atoms with E-state index in [1.807, 2.05) is 25.9 Å². The maximum atomic E-state index is 14.5. The number of halogens is 5. The third-order valence-corrected chi connectivity index (χ3v) is 7.65. The van der Waals surface area contributed by atoms with E-state index in [-0.39, 0.29) is 24.7 Å². The standard InChI is InChI=1S/C26H35F2N9O2.CHF3/c1-4-36-20(9-12-30-36)24(39)32-21(17-7-5-10-26(27,28)14-17)19-15-37-25(31-19)33-22(35(2)3)18(34-37)13-16-8-6-11-29-23(16)38;2-1(3)4/h9,12,15-17,21H,4-8,10-11,13-14H2,1-3H3,(H,29,38)(H,32,39);1H. The smallest absolute Gasteiger partial charge is 0.361 e. The largest absolute Gasteiger partial charge is 0.379 e. The summed E-state index contributed by atoms with van der Waals surface area (Å²) in [5, 5.41) is 14.8. The number of aromatic nitrogens is 6. The lowest BCUT2D eigenvalue weighted by atomic mass is 9.80. The van der Waals surface area contributed by atoms with Crippen molar-refractivity contribution in [3.63, 3.8) is 0 Å². The lowest BCUT2D eigenvalue weighted by Gasteiger charge is -2.34. The topological polar surface area (TPSA) is 122 Å². The molecule has 3 atom stereocenters. The van der Waals surface area contributed by atoms with E-state index in [2.05, 4.69) is 20.7 Å². The van der Waals surface area contributed by atoms with Crippen LogP contribution in [0.1, 0.15) is 73.4 Å². The minimum absolute atomic E-state index is 0.00602. The Morgan fingerprint density at radius 2 is 1.95 bits per heavy atom. The molecule has 0 radical (unpaired) electrons. The van der Waals surface area contributed by atoms with Gasteiger partial charge in [0.1, 0.15) is 11.4 Å². The molecule has 16 heteroatoms. The Hall–Kier alpha value is -3.85. The molecule has 5 rings (SSSR count). The van der Waals surface area contributed by atoms with Crippen LogP contribution in [-0.2, 0) is 17.8 Å². The van der Waals surface area contributed by atoms with Gasteiger partial charge in [-0.15, -0.1) is 0 Å². The van der Waals surface area contributed by atoms with Crippen molar-refractivity contribution in [1.82, 2.24) is 40.0 Å². The number of rotatable bonds is 8. The number of anilines is 1. The highest BCUT2D eigenvalue weighted by molar-refractivity contribution is 5.92. The van der Waals surface area contributed by atoms with Gasteiger partial charge in [-0.25, -0.2) is 18.3 Å². The van der Waals surface area contributed by atoms with Crippen molar-refractivity contribution in [2.75, 3.05) is 25.5 Å². The molecule has 1 aliphatic carbocycles. The molecule has 4 heterocycles. The van der Waals surface area contributed by atoms with Gasteiger partial charge in [0.25, 0.3) is 11.7 Å². The summed E-state index contributed by atoms with van der Waals surface area (Å²) >= 11 is 0. The highest BCUT2D eigenvalue weighted by Gasteiger charge is 2.41. The Morgan fingerprint density at radius 1 is 1.21 bits per heavy atom. The van der Waals surface area contributed by atoms with E-state index in [0.717, 1.165) is 12.8 Å². The lowest BCUT2D eigenvalue weighted by Crippen LogP contribution is -2.39. The number of alkyl halides is 5. The zero-order valence-electron chi connectivity index (χ0n) is 24.2. The molecule has 0 spiro atoms. The molecular formula is C27H36F5N9O2. The van der Waals surface area contributed by atoms with Crippen molar-refractivity contribution in [1.29, 1.82) is 0 Å². The van der Waals surface area contributed by atoms with Gasteiger partial charge < -0.3 is 15.5 Å². The molecule has 3 aromatic rings. The number of nitrogens with zero attached hydrogens (tertiary/aromatic N) is 7. The van der Waals surface area contributed by atoms with E-state index in [4.69, 9.17) is 10.1 Å². The summed E-state index contributed by atoms with van der Waals surface area (Å²) in [6.07, 6.45) is 5.68. The molecule has 43 heavy (non-hydrogen) atoms. The van der Waals surface area contributed by atoms with E-state index >= 15 is 0 Å². The number of nitrogens with one attached hydrogen (secondary N) is 2. The first-order valence-electron chi connectivity index (χ1n) is 14.2. The normalized spacial score (nSPS) is 20.7. The SMILES string of the molecule is CCn1nccc1C(=O)NC(c1cn2nc(CC3CCCNC3=O)c(N(C)C)nc2n1)C1CCCC(F)(F)C1.FC(F)F. The Kier molecular flexibility index (Phi) is 10.2. The molecule has 2 N–H and O–H groups in total. The van der Waals surface area contributed by atoms with Crippen LogP contribution in [0.4, 0.5) is 27.8 Å². The average Bonchev–Trinajstić information content (AvgIpc) is 3.58. The Balaban J connectivity index is 0.000000996. The van der Waals surface area contributed by atoms with Crippen molar-refractivity contribution >= 4 is 23.4 Å². The van der Waals surface area contributed by atoms with Crippen molar-refractivity contribution < 1.29 is 31.5 Å². The van der Waals surface area contributed by atoms with E-state index in [1.165, 1.54) is 10.7 Å². The number of aryl methyl sites for hydroxylation is 1. The molecule has 1 saturated carbocycles. The minimum Gasteiger partial charge on any atom is -0.361 e. The van der Waals surface area contributed by atoms with Gasteiger partial charge in [-0.05, 0) is 44.6 Å². The second-order valence-electron chi connectivity index (χ2n) is 11.0. The van der Waals surface area contributed by atoms with Gasteiger partial charge in [-0.1, -0.05) is 0 Å². The predicted octanol–water partition coefficient (Wildman–Crippen LogP) is 3.95. The summed E-state index contributed by atoms with van der Waals surface area (Å²) in [5.41, 5.74) is 1.43. The van der Waals surface area contributed by atoms with E-state index < -0.39 is 30.5 Å². The van der Waals surface area contributed by atoms with E-state index in [0.29, 0.717) is 61.0 Å². The molecule has 2 aliphatic rings. The van der Waals surface area contributed by atoms with Crippen LogP contribution in [0.25, 0.3) is 5.78 Å². The van der Waals surface area contributed by atoms with Crippen molar-refractivity contribution in [2.45, 2.75) is 77.1 Å². The molecule has 0 aromatic carbocycles. The third kappa shape index (κ3) is 7.96. The second kappa shape index (κ2) is 13.6. The van der Waals surface area contributed by atoms with Gasteiger partial charge in [0.05, 0.1) is 17.9 Å². The molecule has 3 aromatic heterocycles. The van der Waals surface area contributed by atoms with E-state index in [9.17, 15) is 31.5 Å². The fourth-order valence-electron chi connectivity index (χ4n) is 5.69. The second-order valence-corrected chi connectivity index (χ2v) is 11.0. The number of fused-ring (bicyclic) bond motifs is 1. The van der Waals surface area contributed by atoms with Gasteiger partial charge >= 0.3 is 6.68 Å². The predicted molar refractivity (Wildman–Crippen MR) is 147 cm³/mol. The number of carbonyl (C=O) groups is 2. The number of hydrogen-bond donors (Lipinski definition) is 2. The van der Waals surface area contributed by atoms with Crippen molar-refractivity contribution in [3.05, 3.63) is 35.5 Å². The van der Waals surface area contributed by atoms with Crippen molar-refractivity contribution in [3.8, 4) is 0 Å². The number of hydrogen-bond acceptors (Lipinski definition) is 7. The molecule has 0 bridgehead atoms. The molecule has 236 valence electrons. The monoisotopic (exact) mass is 613 g/mol. The van der Waals surface area contributed by atoms with Gasteiger partial charge in [-0.2, -0.15) is 28.4 Å². The van der Waals surface area contributed by atoms with Crippen LogP contribution in [0.15, 0.2) is 18.5 Å². The Morgan fingerprint density at radius 3 is 2.60 bits per heavy atom. The number of piperidine rings is 1. The van der Waals surface area contributed by atoms with Crippen LogP contribution in [0.5, 0.6) is 0 Å². The summed E-state index contributed by atoms with van der Waals surface area (Å²) in [5.74, 6) is -3.03. The summed E-state index contributed by atoms with van der Waals surface area (Å²) < 4.78 is 61.1. The highest BCUT2D eigenvalue weighted by Crippen LogP contribution is 2.42. The van der Waals surface area contributed by atoms with Crippen molar-refractivity contribution in [2.24, 2.45) is 11.8 Å². The Labute approximate surface area is 245 Å². The highest BCUT2D eigenvalue weighted by atomic mass is 19.4. The first-order valence-corrected chi connectivity index (χ1v) is 14.2. The van der Waals surface area contributed by atoms with Gasteiger partial charge in [-0.3, -0.25) is 14.3 Å². The molecule has 1 saturated heterocycles. The van der Waals surface area contributed by atoms with Gasteiger partial charge in [0.15, 0.2) is 5.82 Å². The fourth-order valence-corrected chi connectivity index (χ4v) is 5.69. The van der Waals surface area contributed by atoms with Crippen LogP contribution in [0.2, 0.25) is 0 Å². The average molecular weight is 614 g/mol.